The van der Waals surface area contributed by atoms with Crippen LogP contribution < -0.4 is 0 Å². The van der Waals surface area contributed by atoms with Gasteiger partial charge in [0.25, 0.3) is 0 Å². The Kier molecular flexibility index (Phi) is 4.95. The molecule has 2 rings (SSSR count). The molecule has 1 heterocycles. The Bertz CT molecular complexity index is 462. The molecule has 1 aromatic carbocycles. The van der Waals surface area contributed by atoms with Gasteiger partial charge < -0.3 is 0 Å². The first-order chi connectivity index (χ1) is 8.92. The van der Waals surface area contributed by atoms with E-state index in [1.54, 1.807) is 0 Å². The summed E-state index contributed by atoms with van der Waals surface area (Å²) in [6.07, 6.45) is 8.26. The number of hydrogen-bond acceptors (Lipinski definition) is 1. The molecule has 94 valence electrons. The maximum atomic E-state index is 4.45. The quantitative estimate of drug-likeness (QED) is 0.655. The van der Waals surface area contributed by atoms with E-state index >= 15 is 0 Å². The van der Waals surface area contributed by atoms with Crippen LogP contribution in [0.4, 0.5) is 0 Å². The van der Waals surface area contributed by atoms with Gasteiger partial charge in [-0.25, -0.2) is 0 Å². The van der Waals surface area contributed by atoms with Crippen molar-refractivity contribution in [2.75, 3.05) is 0 Å². The number of unbranched alkanes of at least 4 members (excludes halogenated alkanes) is 3. The molecule has 18 heavy (non-hydrogen) atoms. The Morgan fingerprint density at radius 1 is 0.889 bits per heavy atom. The molecule has 0 aliphatic carbocycles. The van der Waals surface area contributed by atoms with Crippen LogP contribution in [0.5, 0.6) is 0 Å². The molecule has 0 aliphatic rings. The fourth-order valence-corrected chi connectivity index (χ4v) is 2.25. The van der Waals surface area contributed by atoms with E-state index in [2.05, 4.69) is 48.3 Å². The van der Waals surface area contributed by atoms with Gasteiger partial charge in [-0.1, -0.05) is 56.5 Å². The lowest BCUT2D eigenvalue weighted by atomic mass is 9.98. The summed E-state index contributed by atoms with van der Waals surface area (Å²) in [5, 5.41) is 0. The van der Waals surface area contributed by atoms with Crippen LogP contribution in [0.15, 0.2) is 48.7 Å². The van der Waals surface area contributed by atoms with Gasteiger partial charge in [-0.15, -0.1) is 0 Å². The molecule has 0 unspecified atom stereocenters. The van der Waals surface area contributed by atoms with Gasteiger partial charge in [0.2, 0.25) is 0 Å². The molecule has 0 N–H and O–H groups in total. The van der Waals surface area contributed by atoms with Gasteiger partial charge in [0.05, 0.1) is 5.69 Å². The van der Waals surface area contributed by atoms with E-state index in [0.29, 0.717) is 0 Å². The summed E-state index contributed by atoms with van der Waals surface area (Å²) < 4.78 is 0. The van der Waals surface area contributed by atoms with Crippen LogP contribution >= 0.6 is 0 Å². The molecule has 1 nitrogen and oxygen atoms in total. The molecule has 0 saturated heterocycles. The van der Waals surface area contributed by atoms with E-state index in [-0.39, 0.29) is 0 Å². The molecule has 0 aliphatic heterocycles. The summed E-state index contributed by atoms with van der Waals surface area (Å²) in [5.41, 5.74) is 3.80. The van der Waals surface area contributed by atoms with Crippen molar-refractivity contribution in [3.8, 4) is 11.3 Å². The van der Waals surface area contributed by atoms with E-state index in [0.717, 1.165) is 12.1 Å². The lowest BCUT2D eigenvalue weighted by Gasteiger charge is -2.08. The van der Waals surface area contributed by atoms with Crippen LogP contribution in [0.3, 0.4) is 0 Å². The number of nitrogens with zero attached hydrogens (tertiary/aromatic N) is 1. The zero-order chi connectivity index (χ0) is 12.6. The molecule has 0 fully saturated rings. The molecular formula is C17H21N. The molecule has 0 amide bonds. The Morgan fingerprint density at radius 3 is 2.50 bits per heavy atom. The second-order valence-electron chi connectivity index (χ2n) is 4.68. The van der Waals surface area contributed by atoms with E-state index in [4.69, 9.17) is 0 Å². The largest absolute Gasteiger partial charge is 0.256 e. The normalized spacial score (nSPS) is 10.5. The predicted molar refractivity (Wildman–Crippen MR) is 77.5 cm³/mol. The SMILES string of the molecule is CCCCCCc1ccccc1-c1ccccn1. The van der Waals surface area contributed by atoms with Crippen molar-refractivity contribution >= 4 is 0 Å². The lowest BCUT2D eigenvalue weighted by molar-refractivity contribution is 0.667. The third kappa shape index (κ3) is 3.43. The van der Waals surface area contributed by atoms with Gasteiger partial charge in [-0.05, 0) is 30.5 Å². The van der Waals surface area contributed by atoms with E-state index in [9.17, 15) is 0 Å². The van der Waals surface area contributed by atoms with E-state index < -0.39 is 0 Å². The van der Waals surface area contributed by atoms with Crippen LogP contribution in [-0.2, 0) is 6.42 Å². The average molecular weight is 239 g/mol. The van der Waals surface area contributed by atoms with Gasteiger partial charge in [0.15, 0.2) is 0 Å². The van der Waals surface area contributed by atoms with Crippen molar-refractivity contribution in [2.24, 2.45) is 0 Å². The van der Waals surface area contributed by atoms with Crippen LogP contribution in [0.25, 0.3) is 11.3 Å². The van der Waals surface area contributed by atoms with Gasteiger partial charge >= 0.3 is 0 Å². The molecule has 0 bridgehead atoms. The topological polar surface area (TPSA) is 12.9 Å². The van der Waals surface area contributed by atoms with E-state index in [1.165, 1.54) is 36.8 Å². The second kappa shape index (κ2) is 6.95. The Labute approximate surface area is 110 Å². The Morgan fingerprint density at radius 2 is 1.72 bits per heavy atom. The van der Waals surface area contributed by atoms with Crippen LogP contribution in [0, 0.1) is 0 Å². The fourth-order valence-electron chi connectivity index (χ4n) is 2.25. The van der Waals surface area contributed by atoms with Crippen molar-refractivity contribution in [1.82, 2.24) is 4.98 Å². The first kappa shape index (κ1) is 12.8. The highest BCUT2D eigenvalue weighted by molar-refractivity contribution is 5.63. The number of hydrogen-bond donors (Lipinski definition) is 0. The van der Waals surface area contributed by atoms with Crippen molar-refractivity contribution in [1.29, 1.82) is 0 Å². The molecule has 2 aromatic rings. The standard InChI is InChI=1S/C17H21N/c1-2-3-4-5-10-15-11-6-7-12-16(15)17-13-8-9-14-18-17/h6-9,11-14H,2-5,10H2,1H3. The fraction of sp³-hybridized carbons (Fsp3) is 0.353. The molecule has 0 saturated carbocycles. The van der Waals surface area contributed by atoms with Crippen molar-refractivity contribution in [3.05, 3.63) is 54.2 Å². The first-order valence-electron chi connectivity index (χ1n) is 6.91. The van der Waals surface area contributed by atoms with Crippen LogP contribution in [0.1, 0.15) is 38.2 Å². The van der Waals surface area contributed by atoms with Crippen LogP contribution in [-0.4, -0.2) is 4.98 Å². The summed E-state index contributed by atoms with van der Waals surface area (Å²) in [6, 6.07) is 14.7. The highest BCUT2D eigenvalue weighted by Crippen LogP contribution is 2.23. The van der Waals surface area contributed by atoms with Gasteiger partial charge in [-0.3, -0.25) is 4.98 Å². The van der Waals surface area contributed by atoms with Gasteiger partial charge in [0.1, 0.15) is 0 Å². The number of pyridine rings is 1. The zero-order valence-corrected chi connectivity index (χ0v) is 11.1. The number of benzene rings is 1. The molecule has 0 atom stereocenters. The predicted octanol–water partition coefficient (Wildman–Crippen LogP) is 4.87. The summed E-state index contributed by atoms with van der Waals surface area (Å²) in [5.74, 6) is 0. The minimum absolute atomic E-state index is 1.09. The van der Waals surface area contributed by atoms with Crippen molar-refractivity contribution in [3.63, 3.8) is 0 Å². The summed E-state index contributed by atoms with van der Waals surface area (Å²) in [6.45, 7) is 2.25. The smallest absolute Gasteiger partial charge is 0.0704 e. The monoisotopic (exact) mass is 239 g/mol. The lowest BCUT2D eigenvalue weighted by Crippen LogP contribution is -1.92. The summed E-state index contributed by atoms with van der Waals surface area (Å²) >= 11 is 0. The van der Waals surface area contributed by atoms with Gasteiger partial charge in [-0.2, -0.15) is 0 Å². The maximum absolute atomic E-state index is 4.45. The number of rotatable bonds is 6. The maximum Gasteiger partial charge on any atom is 0.0704 e. The molecule has 0 spiro atoms. The molecule has 1 aromatic heterocycles. The third-order valence-corrected chi connectivity index (χ3v) is 3.26. The Balaban J connectivity index is 2.11. The van der Waals surface area contributed by atoms with Crippen molar-refractivity contribution < 1.29 is 0 Å². The average Bonchev–Trinajstić information content (AvgIpc) is 2.45. The highest BCUT2D eigenvalue weighted by Gasteiger charge is 2.04. The zero-order valence-electron chi connectivity index (χ0n) is 11.1. The van der Waals surface area contributed by atoms with Crippen LogP contribution in [0.2, 0.25) is 0 Å². The summed E-state index contributed by atoms with van der Waals surface area (Å²) in [7, 11) is 0. The molecular weight excluding hydrogens is 218 g/mol. The van der Waals surface area contributed by atoms with E-state index in [1.807, 2.05) is 12.3 Å². The number of aromatic nitrogens is 1. The molecule has 1 heteroatoms. The second-order valence-corrected chi connectivity index (χ2v) is 4.68. The Hall–Kier alpha value is -1.63. The van der Waals surface area contributed by atoms with Crippen molar-refractivity contribution in [2.45, 2.75) is 39.0 Å². The summed E-state index contributed by atoms with van der Waals surface area (Å²) in [4.78, 5) is 4.45. The van der Waals surface area contributed by atoms with Gasteiger partial charge in [0, 0.05) is 11.8 Å². The first-order valence-corrected chi connectivity index (χ1v) is 6.91. The third-order valence-electron chi connectivity index (χ3n) is 3.26. The number of aryl methyl sites for hydroxylation is 1. The minimum Gasteiger partial charge on any atom is -0.256 e. The highest BCUT2D eigenvalue weighted by atomic mass is 14.7. The molecule has 0 radical (unpaired) electrons. The minimum atomic E-state index is 1.09.